The van der Waals surface area contributed by atoms with Crippen LogP contribution < -0.4 is 5.32 Å². The number of nitro benzene ring substituents is 1. The number of anilines is 1. The minimum absolute atomic E-state index is 0.0255. The van der Waals surface area contributed by atoms with Gasteiger partial charge in [-0.1, -0.05) is 24.6 Å². The van der Waals surface area contributed by atoms with E-state index in [1.165, 1.54) is 6.07 Å². The summed E-state index contributed by atoms with van der Waals surface area (Å²) in [5, 5.41) is 14.4. The van der Waals surface area contributed by atoms with Crippen molar-refractivity contribution in [1.29, 1.82) is 0 Å². The number of rotatable bonds is 7. The zero-order valence-electron chi connectivity index (χ0n) is 10.5. The molecule has 0 heterocycles. The smallest absolute Gasteiger partial charge is 0.293 e. The molecule has 1 atom stereocenters. The topological polar surface area (TPSA) is 55.2 Å². The highest BCUT2D eigenvalue weighted by molar-refractivity contribution is 7.99. The van der Waals surface area contributed by atoms with E-state index in [1.807, 2.05) is 18.7 Å². The lowest BCUT2D eigenvalue weighted by Crippen LogP contribution is -2.17. The molecular formula is C12H17ClN2O2S. The SMILES string of the molecule is CCSCCC(C)Nc1c(Cl)cccc1[N+](=O)[O-]. The molecule has 0 radical (unpaired) electrons. The van der Waals surface area contributed by atoms with Gasteiger partial charge in [-0.25, -0.2) is 0 Å². The molecule has 1 unspecified atom stereocenters. The van der Waals surface area contributed by atoms with Gasteiger partial charge in [0.1, 0.15) is 5.69 Å². The van der Waals surface area contributed by atoms with Crippen LogP contribution in [0.1, 0.15) is 20.3 Å². The Morgan fingerprint density at radius 2 is 2.28 bits per heavy atom. The van der Waals surface area contributed by atoms with E-state index >= 15 is 0 Å². The second-order valence-corrected chi connectivity index (χ2v) is 5.72. The fraction of sp³-hybridized carbons (Fsp3) is 0.500. The maximum Gasteiger partial charge on any atom is 0.293 e. The molecule has 0 saturated carbocycles. The molecule has 4 nitrogen and oxygen atoms in total. The molecule has 1 rings (SSSR count). The van der Waals surface area contributed by atoms with Crippen LogP contribution in [0, 0.1) is 10.1 Å². The van der Waals surface area contributed by atoms with Gasteiger partial charge in [-0.2, -0.15) is 11.8 Å². The Hall–Kier alpha value is -0.940. The average Bonchev–Trinajstić information content (AvgIpc) is 2.31. The molecular weight excluding hydrogens is 272 g/mol. The van der Waals surface area contributed by atoms with Crippen molar-refractivity contribution in [2.45, 2.75) is 26.3 Å². The molecule has 0 spiro atoms. The van der Waals surface area contributed by atoms with Crippen molar-refractivity contribution >= 4 is 34.7 Å². The predicted molar refractivity (Wildman–Crippen MR) is 78.8 cm³/mol. The molecule has 1 aromatic rings. The Morgan fingerprint density at radius 3 is 2.89 bits per heavy atom. The Balaban J connectivity index is 2.73. The van der Waals surface area contributed by atoms with Crippen molar-refractivity contribution in [2.75, 3.05) is 16.8 Å². The summed E-state index contributed by atoms with van der Waals surface area (Å²) in [7, 11) is 0. The molecule has 0 amide bonds. The number of hydrogen-bond donors (Lipinski definition) is 1. The number of benzene rings is 1. The van der Waals surface area contributed by atoms with E-state index < -0.39 is 4.92 Å². The zero-order valence-corrected chi connectivity index (χ0v) is 12.1. The summed E-state index contributed by atoms with van der Waals surface area (Å²) >= 11 is 7.86. The van der Waals surface area contributed by atoms with Crippen LogP contribution in [0.25, 0.3) is 0 Å². The van der Waals surface area contributed by atoms with Crippen molar-refractivity contribution in [3.8, 4) is 0 Å². The summed E-state index contributed by atoms with van der Waals surface area (Å²) in [5.41, 5.74) is 0.440. The molecule has 1 N–H and O–H groups in total. The highest BCUT2D eigenvalue weighted by atomic mass is 35.5. The molecule has 100 valence electrons. The van der Waals surface area contributed by atoms with Gasteiger partial charge >= 0.3 is 0 Å². The molecule has 0 saturated heterocycles. The van der Waals surface area contributed by atoms with Crippen LogP contribution in [-0.2, 0) is 0 Å². The van der Waals surface area contributed by atoms with Crippen LogP contribution in [0.5, 0.6) is 0 Å². The molecule has 0 aliphatic rings. The molecule has 0 aliphatic heterocycles. The minimum Gasteiger partial charge on any atom is -0.376 e. The third-order valence-electron chi connectivity index (χ3n) is 2.48. The van der Waals surface area contributed by atoms with Crippen molar-refractivity contribution in [3.05, 3.63) is 33.3 Å². The summed E-state index contributed by atoms with van der Waals surface area (Å²) in [5.74, 6) is 2.11. The Kier molecular flexibility index (Phi) is 6.29. The van der Waals surface area contributed by atoms with Crippen molar-refractivity contribution in [2.24, 2.45) is 0 Å². The summed E-state index contributed by atoms with van der Waals surface area (Å²) in [6, 6.07) is 4.86. The molecule has 6 heteroatoms. The Labute approximate surface area is 116 Å². The monoisotopic (exact) mass is 288 g/mol. The first kappa shape index (κ1) is 15.1. The zero-order chi connectivity index (χ0) is 13.5. The minimum atomic E-state index is -0.415. The highest BCUT2D eigenvalue weighted by Crippen LogP contribution is 2.32. The lowest BCUT2D eigenvalue weighted by molar-refractivity contribution is -0.384. The quantitative estimate of drug-likeness (QED) is 0.464. The van der Waals surface area contributed by atoms with E-state index in [-0.39, 0.29) is 11.7 Å². The lowest BCUT2D eigenvalue weighted by Gasteiger charge is -2.15. The number of nitro groups is 1. The van der Waals surface area contributed by atoms with Crippen LogP contribution in [0.2, 0.25) is 5.02 Å². The fourth-order valence-electron chi connectivity index (χ4n) is 1.53. The molecule has 0 bridgehead atoms. The Bertz CT molecular complexity index is 415. The molecule has 0 aliphatic carbocycles. The summed E-state index contributed by atoms with van der Waals surface area (Å²) in [4.78, 5) is 10.5. The highest BCUT2D eigenvalue weighted by Gasteiger charge is 2.17. The van der Waals surface area contributed by atoms with Crippen LogP contribution in [-0.4, -0.2) is 22.5 Å². The lowest BCUT2D eigenvalue weighted by atomic mass is 10.2. The van der Waals surface area contributed by atoms with E-state index in [0.717, 1.165) is 17.9 Å². The van der Waals surface area contributed by atoms with Crippen molar-refractivity contribution in [1.82, 2.24) is 0 Å². The van der Waals surface area contributed by atoms with Crippen LogP contribution in [0.4, 0.5) is 11.4 Å². The first-order chi connectivity index (χ1) is 8.56. The number of halogens is 1. The standard InChI is InChI=1S/C12H17ClN2O2S/c1-3-18-8-7-9(2)14-12-10(13)5-4-6-11(12)15(16)17/h4-6,9,14H,3,7-8H2,1-2H3. The fourth-order valence-corrected chi connectivity index (χ4v) is 2.56. The van der Waals surface area contributed by atoms with E-state index in [1.54, 1.807) is 12.1 Å². The third kappa shape index (κ3) is 4.38. The normalized spacial score (nSPS) is 12.2. The van der Waals surface area contributed by atoms with E-state index in [2.05, 4.69) is 12.2 Å². The number of nitrogens with one attached hydrogen (secondary N) is 1. The van der Waals surface area contributed by atoms with Gasteiger partial charge in [-0.15, -0.1) is 0 Å². The van der Waals surface area contributed by atoms with Crippen LogP contribution in [0.15, 0.2) is 18.2 Å². The second-order valence-electron chi connectivity index (χ2n) is 3.92. The van der Waals surface area contributed by atoms with Crippen molar-refractivity contribution in [3.63, 3.8) is 0 Å². The molecule has 0 fully saturated rings. The van der Waals surface area contributed by atoms with Crippen LogP contribution in [0.3, 0.4) is 0 Å². The summed E-state index contributed by atoms with van der Waals surface area (Å²) in [6.45, 7) is 4.12. The van der Waals surface area contributed by atoms with Crippen molar-refractivity contribution < 1.29 is 4.92 Å². The van der Waals surface area contributed by atoms with E-state index in [9.17, 15) is 10.1 Å². The van der Waals surface area contributed by atoms with Gasteiger partial charge in [-0.05, 0) is 30.9 Å². The largest absolute Gasteiger partial charge is 0.376 e. The van der Waals surface area contributed by atoms with Gasteiger partial charge < -0.3 is 5.32 Å². The molecule has 18 heavy (non-hydrogen) atoms. The van der Waals surface area contributed by atoms with Gasteiger partial charge in [-0.3, -0.25) is 10.1 Å². The number of para-hydroxylation sites is 1. The van der Waals surface area contributed by atoms with Gasteiger partial charge in [0.2, 0.25) is 0 Å². The Morgan fingerprint density at radius 1 is 1.56 bits per heavy atom. The maximum atomic E-state index is 10.9. The first-order valence-corrected chi connectivity index (χ1v) is 7.36. The molecule has 1 aromatic carbocycles. The van der Waals surface area contributed by atoms with Gasteiger partial charge in [0, 0.05) is 12.1 Å². The van der Waals surface area contributed by atoms with Gasteiger partial charge in [0.25, 0.3) is 5.69 Å². The second kappa shape index (κ2) is 7.48. The third-order valence-corrected chi connectivity index (χ3v) is 3.73. The summed E-state index contributed by atoms with van der Waals surface area (Å²) < 4.78 is 0. The van der Waals surface area contributed by atoms with E-state index in [4.69, 9.17) is 11.6 Å². The summed E-state index contributed by atoms with van der Waals surface area (Å²) in [6.07, 6.45) is 0.945. The maximum absolute atomic E-state index is 10.9. The number of hydrogen-bond acceptors (Lipinski definition) is 4. The predicted octanol–water partition coefficient (Wildman–Crippen LogP) is 4.19. The number of nitrogens with zero attached hydrogens (tertiary/aromatic N) is 1. The average molecular weight is 289 g/mol. The van der Waals surface area contributed by atoms with Gasteiger partial charge in [0.05, 0.1) is 9.95 Å². The van der Waals surface area contributed by atoms with E-state index in [0.29, 0.717) is 10.7 Å². The molecule has 0 aromatic heterocycles. The van der Waals surface area contributed by atoms with Gasteiger partial charge in [0.15, 0.2) is 0 Å². The number of thioether (sulfide) groups is 1. The van der Waals surface area contributed by atoms with Crippen LogP contribution >= 0.6 is 23.4 Å². The first-order valence-electron chi connectivity index (χ1n) is 5.83.